The lowest BCUT2D eigenvalue weighted by Gasteiger charge is -2.23. The summed E-state index contributed by atoms with van der Waals surface area (Å²) < 4.78 is 40.4. The van der Waals surface area contributed by atoms with E-state index in [0.717, 1.165) is 22.4 Å². The summed E-state index contributed by atoms with van der Waals surface area (Å²) in [6.07, 6.45) is 3.30. The maximum absolute atomic E-state index is 9.67. The second-order valence-electron chi connectivity index (χ2n) is 6.30. The molecular formula is C18H15BBrF4N3O. The standard InChI is InChI=1S/C18H15BrN3O.BF3.FH/c19-13-5-7-14(8-6-13)22-11-21-17(20-22)10-23-16-9-12-3-1-2-4-15(12)18(16)21;2-1(3)4;/h1-8,11,16,18H,9-10H2;;1H/q+1;;/p-1/t16-,18+;;/m1../s1. The first-order valence-corrected chi connectivity index (χ1v) is 9.19. The Morgan fingerprint density at radius 1 is 1.11 bits per heavy atom. The number of hydrogen-bond donors (Lipinski definition) is 0. The van der Waals surface area contributed by atoms with Crippen LogP contribution in [-0.2, 0) is 17.8 Å². The van der Waals surface area contributed by atoms with Crippen LogP contribution in [0.3, 0.4) is 0 Å². The topological polar surface area (TPSA) is 30.9 Å². The molecule has 0 amide bonds. The number of ether oxygens (including phenoxy) is 1. The molecular weight excluding hydrogens is 441 g/mol. The van der Waals surface area contributed by atoms with Crippen LogP contribution in [-0.4, -0.2) is 23.4 Å². The van der Waals surface area contributed by atoms with E-state index in [1.54, 1.807) is 0 Å². The summed E-state index contributed by atoms with van der Waals surface area (Å²) in [6.45, 7) is 0.568. The molecule has 1 aliphatic heterocycles. The molecule has 28 heavy (non-hydrogen) atoms. The fourth-order valence-electron chi connectivity index (χ4n) is 3.64. The Bertz CT molecular complexity index is 952. The summed E-state index contributed by atoms with van der Waals surface area (Å²) in [7, 11) is -3.67. The zero-order valence-corrected chi connectivity index (χ0v) is 16.1. The average molecular weight is 456 g/mol. The van der Waals surface area contributed by atoms with E-state index < -0.39 is 7.54 Å². The predicted octanol–water partition coefficient (Wildman–Crippen LogP) is 0.850. The molecule has 0 radical (unpaired) electrons. The normalized spacial score (nSPS) is 18.7. The molecule has 0 bridgehead atoms. The van der Waals surface area contributed by atoms with Gasteiger partial charge >= 0.3 is 13.4 Å². The minimum absolute atomic E-state index is 0. The van der Waals surface area contributed by atoms with Crippen molar-refractivity contribution < 1.29 is 27.0 Å². The van der Waals surface area contributed by atoms with Crippen molar-refractivity contribution >= 4 is 23.5 Å². The highest BCUT2D eigenvalue weighted by Crippen LogP contribution is 2.35. The van der Waals surface area contributed by atoms with Crippen LogP contribution < -0.4 is 9.27 Å². The van der Waals surface area contributed by atoms with Gasteiger partial charge in [-0.15, -0.1) is 0 Å². The highest BCUT2D eigenvalue weighted by molar-refractivity contribution is 9.10. The molecule has 3 aromatic rings. The molecule has 146 valence electrons. The second-order valence-corrected chi connectivity index (χ2v) is 7.22. The van der Waals surface area contributed by atoms with Gasteiger partial charge in [-0.2, -0.15) is 0 Å². The van der Waals surface area contributed by atoms with Gasteiger partial charge in [0, 0.05) is 16.0 Å². The Labute approximate surface area is 167 Å². The lowest BCUT2D eigenvalue weighted by molar-refractivity contribution is -0.739. The van der Waals surface area contributed by atoms with Gasteiger partial charge in [0.05, 0.1) is 0 Å². The van der Waals surface area contributed by atoms with E-state index in [0.29, 0.717) is 6.61 Å². The van der Waals surface area contributed by atoms with Crippen LogP contribution in [0.5, 0.6) is 0 Å². The first-order chi connectivity index (χ1) is 13.0. The first kappa shape index (κ1) is 20.5. The van der Waals surface area contributed by atoms with E-state index in [4.69, 9.17) is 9.84 Å². The molecule has 2 heterocycles. The van der Waals surface area contributed by atoms with Gasteiger partial charge in [0.1, 0.15) is 24.4 Å². The van der Waals surface area contributed by atoms with E-state index in [1.807, 2.05) is 16.8 Å². The van der Waals surface area contributed by atoms with E-state index in [2.05, 4.69) is 63.2 Å². The number of rotatable bonds is 1. The number of aromatic nitrogens is 3. The molecule has 2 aliphatic rings. The summed E-state index contributed by atoms with van der Waals surface area (Å²) in [4.78, 5) is 0. The summed E-state index contributed by atoms with van der Waals surface area (Å²) in [5.74, 6) is 0.978. The lowest BCUT2D eigenvalue weighted by Crippen LogP contribution is -3.00. The third-order valence-corrected chi connectivity index (χ3v) is 5.25. The second kappa shape index (κ2) is 8.44. The average Bonchev–Trinajstić information content (AvgIpc) is 3.22. The van der Waals surface area contributed by atoms with Crippen molar-refractivity contribution in [2.24, 2.45) is 0 Å². The van der Waals surface area contributed by atoms with E-state index >= 15 is 0 Å². The molecule has 0 N–H and O–H groups in total. The van der Waals surface area contributed by atoms with Crippen molar-refractivity contribution in [3.63, 3.8) is 0 Å². The maximum atomic E-state index is 9.67. The van der Waals surface area contributed by atoms with Crippen molar-refractivity contribution in [2.75, 3.05) is 0 Å². The molecule has 0 saturated carbocycles. The molecule has 1 aromatic heterocycles. The zero-order chi connectivity index (χ0) is 19.0. The van der Waals surface area contributed by atoms with Gasteiger partial charge in [0.15, 0.2) is 0 Å². The Kier molecular flexibility index (Phi) is 6.19. The fraction of sp³-hybridized carbons (Fsp3) is 0.222. The van der Waals surface area contributed by atoms with Gasteiger partial charge in [0.2, 0.25) is 6.33 Å². The SMILES string of the molecule is Brc1ccc(-n2c[n+]3c(n2)CO[C@@H]2Cc4ccccc4[C@@H]23)cc1.FB(F)F.[F-]. The Balaban J connectivity index is 0.000000414. The maximum Gasteiger partial charge on any atom is 0.762 e. The van der Waals surface area contributed by atoms with Crippen molar-refractivity contribution in [1.82, 2.24) is 9.78 Å². The third-order valence-electron chi connectivity index (χ3n) is 4.72. The van der Waals surface area contributed by atoms with Crippen LogP contribution in [0.25, 0.3) is 5.69 Å². The molecule has 0 unspecified atom stereocenters. The Hall–Kier alpha value is -2.20. The minimum atomic E-state index is -3.67. The monoisotopic (exact) mass is 455 g/mol. The van der Waals surface area contributed by atoms with Gasteiger partial charge < -0.3 is 9.44 Å². The van der Waals surface area contributed by atoms with Crippen LogP contribution >= 0.6 is 15.9 Å². The molecule has 2 atom stereocenters. The zero-order valence-electron chi connectivity index (χ0n) is 14.5. The summed E-state index contributed by atoms with van der Waals surface area (Å²) in [5.41, 5.74) is 3.80. The van der Waals surface area contributed by atoms with Crippen molar-refractivity contribution in [3.8, 4) is 5.69 Å². The molecule has 0 spiro atoms. The third kappa shape index (κ3) is 3.98. The van der Waals surface area contributed by atoms with Gasteiger partial charge in [-0.1, -0.05) is 44.9 Å². The largest absolute Gasteiger partial charge is 1.00 e. The molecule has 2 aromatic carbocycles. The van der Waals surface area contributed by atoms with Gasteiger partial charge in [-0.3, -0.25) is 12.9 Å². The molecule has 10 heteroatoms. The first-order valence-electron chi connectivity index (χ1n) is 8.40. The van der Waals surface area contributed by atoms with E-state index in [-0.39, 0.29) is 16.9 Å². The van der Waals surface area contributed by atoms with Gasteiger partial charge in [-0.05, 0) is 35.4 Å². The van der Waals surface area contributed by atoms with E-state index in [1.165, 1.54) is 11.1 Å². The molecule has 0 fully saturated rings. The van der Waals surface area contributed by atoms with Crippen LogP contribution in [0, 0.1) is 0 Å². The summed E-state index contributed by atoms with van der Waals surface area (Å²) in [5, 5.41) is 4.72. The van der Waals surface area contributed by atoms with Crippen LogP contribution in [0.4, 0.5) is 12.9 Å². The van der Waals surface area contributed by atoms with Crippen molar-refractivity contribution in [1.29, 1.82) is 0 Å². The highest BCUT2D eigenvalue weighted by atomic mass is 79.9. The smallest absolute Gasteiger partial charge is 0.762 e. The lowest BCUT2D eigenvalue weighted by atomic mass is 10.1. The number of halogens is 5. The predicted molar refractivity (Wildman–Crippen MR) is 97.4 cm³/mol. The molecule has 5 rings (SSSR count). The van der Waals surface area contributed by atoms with Crippen LogP contribution in [0.2, 0.25) is 0 Å². The number of nitrogens with zero attached hydrogens (tertiary/aromatic N) is 3. The summed E-state index contributed by atoms with van der Waals surface area (Å²) in [6, 6.07) is 17.0. The quantitative estimate of drug-likeness (QED) is 0.309. The van der Waals surface area contributed by atoms with Crippen molar-refractivity contribution in [3.05, 3.63) is 76.3 Å². The van der Waals surface area contributed by atoms with E-state index in [9.17, 15) is 12.9 Å². The number of hydrogen-bond acceptors (Lipinski definition) is 2. The van der Waals surface area contributed by atoms with Crippen LogP contribution in [0.1, 0.15) is 23.0 Å². The molecule has 0 saturated heterocycles. The molecule has 4 nitrogen and oxygen atoms in total. The Morgan fingerprint density at radius 2 is 1.79 bits per heavy atom. The minimum Gasteiger partial charge on any atom is -1.00 e. The molecule has 1 aliphatic carbocycles. The van der Waals surface area contributed by atoms with Gasteiger partial charge in [-0.25, -0.2) is 4.57 Å². The highest BCUT2D eigenvalue weighted by Gasteiger charge is 2.43. The Morgan fingerprint density at radius 3 is 2.50 bits per heavy atom. The summed E-state index contributed by atoms with van der Waals surface area (Å²) >= 11 is 3.48. The van der Waals surface area contributed by atoms with Gasteiger partial charge in [0.25, 0.3) is 0 Å². The van der Waals surface area contributed by atoms with Crippen LogP contribution in [0.15, 0.2) is 59.3 Å². The number of benzene rings is 2. The number of fused-ring (bicyclic) bond motifs is 5. The van der Waals surface area contributed by atoms with Crippen molar-refractivity contribution in [2.45, 2.75) is 25.2 Å². The fourth-order valence-corrected chi connectivity index (χ4v) is 3.90.